The second kappa shape index (κ2) is 4.95. The van der Waals surface area contributed by atoms with Crippen molar-refractivity contribution in [1.29, 1.82) is 0 Å². The number of rotatable bonds is 2. The number of nitrogens with one attached hydrogen (secondary N) is 1. The number of hydrogen-bond donors (Lipinski definition) is 1. The molecule has 1 N–H and O–H groups in total. The lowest BCUT2D eigenvalue weighted by Crippen LogP contribution is -2.31. The van der Waals surface area contributed by atoms with Crippen molar-refractivity contribution in [3.63, 3.8) is 0 Å². The Morgan fingerprint density at radius 1 is 1.33 bits per heavy atom. The van der Waals surface area contributed by atoms with E-state index in [0.717, 1.165) is 18.2 Å². The van der Waals surface area contributed by atoms with E-state index in [1.54, 1.807) is 6.07 Å². The lowest BCUT2D eigenvalue weighted by Gasteiger charge is -2.08. The number of esters is 1. The molecule has 0 bridgehead atoms. The van der Waals surface area contributed by atoms with Crippen molar-refractivity contribution >= 4 is 11.9 Å². The Balaban J connectivity index is 2.06. The van der Waals surface area contributed by atoms with Gasteiger partial charge in [-0.25, -0.2) is 4.79 Å². The summed E-state index contributed by atoms with van der Waals surface area (Å²) < 4.78 is 14.8. The maximum absolute atomic E-state index is 11.3. The summed E-state index contributed by atoms with van der Waals surface area (Å²) in [5, 5.41) is 2.47. The maximum atomic E-state index is 11.3. The zero-order valence-electron chi connectivity index (χ0n) is 10.1. The highest BCUT2D eigenvalue weighted by Crippen LogP contribution is 2.34. The topological polar surface area (TPSA) is 73.9 Å². The SMILES string of the molecule is COC(=O)C(=O)NCc1cc2c(cc1C)OCO2. The molecule has 0 aromatic heterocycles. The van der Waals surface area contributed by atoms with E-state index in [1.165, 1.54) is 0 Å². The van der Waals surface area contributed by atoms with Crippen molar-refractivity contribution in [3.05, 3.63) is 23.3 Å². The standard InChI is InChI=1S/C12H13NO5/c1-7-3-9-10(18-6-17-9)4-8(7)5-13-11(14)12(15)16-2/h3-4H,5-6H2,1-2H3,(H,13,14). The van der Waals surface area contributed by atoms with Crippen LogP contribution in [0.1, 0.15) is 11.1 Å². The fraction of sp³-hybridized carbons (Fsp3) is 0.333. The summed E-state index contributed by atoms with van der Waals surface area (Å²) in [4.78, 5) is 22.2. The van der Waals surface area contributed by atoms with Crippen molar-refractivity contribution in [2.75, 3.05) is 13.9 Å². The molecule has 1 aromatic carbocycles. The van der Waals surface area contributed by atoms with Gasteiger partial charge in [0.1, 0.15) is 0 Å². The molecule has 0 aliphatic carbocycles. The zero-order valence-corrected chi connectivity index (χ0v) is 10.1. The van der Waals surface area contributed by atoms with E-state index in [-0.39, 0.29) is 13.3 Å². The number of aryl methyl sites for hydroxylation is 1. The molecular formula is C12H13NO5. The average molecular weight is 251 g/mol. The summed E-state index contributed by atoms with van der Waals surface area (Å²) in [5.74, 6) is -0.346. The Hall–Kier alpha value is -2.24. The smallest absolute Gasteiger partial charge is 0.396 e. The summed E-state index contributed by atoms with van der Waals surface area (Å²) in [6, 6.07) is 3.62. The number of ether oxygens (including phenoxy) is 3. The predicted molar refractivity (Wildman–Crippen MR) is 61.2 cm³/mol. The monoisotopic (exact) mass is 251 g/mol. The molecule has 0 atom stereocenters. The highest BCUT2D eigenvalue weighted by Gasteiger charge is 2.17. The minimum Gasteiger partial charge on any atom is -0.462 e. The molecule has 0 spiro atoms. The third-order valence-corrected chi connectivity index (χ3v) is 2.64. The van der Waals surface area contributed by atoms with Crippen LogP contribution >= 0.6 is 0 Å². The van der Waals surface area contributed by atoms with Gasteiger partial charge in [-0.1, -0.05) is 0 Å². The van der Waals surface area contributed by atoms with Crippen LogP contribution in [0.2, 0.25) is 0 Å². The van der Waals surface area contributed by atoms with Gasteiger partial charge in [0.15, 0.2) is 11.5 Å². The second-order valence-corrected chi connectivity index (χ2v) is 3.81. The number of carbonyl (C=O) groups is 2. The quantitative estimate of drug-likeness (QED) is 0.612. The molecule has 1 amide bonds. The summed E-state index contributed by atoms with van der Waals surface area (Å²) in [5.41, 5.74) is 1.81. The summed E-state index contributed by atoms with van der Waals surface area (Å²) >= 11 is 0. The number of carbonyl (C=O) groups excluding carboxylic acids is 2. The predicted octanol–water partition coefficient (Wildman–Crippen LogP) is 0.513. The molecule has 6 nitrogen and oxygen atoms in total. The Morgan fingerprint density at radius 3 is 2.67 bits per heavy atom. The van der Waals surface area contributed by atoms with E-state index in [1.807, 2.05) is 13.0 Å². The highest BCUT2D eigenvalue weighted by molar-refractivity contribution is 6.32. The van der Waals surface area contributed by atoms with Crippen LogP contribution in [0.4, 0.5) is 0 Å². The van der Waals surface area contributed by atoms with Crippen LogP contribution in [0.25, 0.3) is 0 Å². The van der Waals surface area contributed by atoms with Crippen molar-refractivity contribution in [1.82, 2.24) is 5.32 Å². The fourth-order valence-electron chi connectivity index (χ4n) is 1.62. The lowest BCUT2D eigenvalue weighted by molar-refractivity contribution is -0.152. The lowest BCUT2D eigenvalue weighted by atomic mass is 10.1. The number of amides is 1. The van der Waals surface area contributed by atoms with Gasteiger partial charge in [-0.05, 0) is 30.2 Å². The molecule has 1 aliphatic rings. The first kappa shape index (κ1) is 12.2. The molecule has 0 unspecified atom stereocenters. The Labute approximate surface area is 104 Å². The summed E-state index contributed by atoms with van der Waals surface area (Å²) in [6.45, 7) is 2.32. The molecule has 6 heteroatoms. The van der Waals surface area contributed by atoms with Crippen molar-refractivity contribution < 1.29 is 23.8 Å². The van der Waals surface area contributed by atoms with Crippen LogP contribution < -0.4 is 14.8 Å². The van der Waals surface area contributed by atoms with E-state index < -0.39 is 11.9 Å². The normalized spacial score (nSPS) is 12.1. The molecule has 2 rings (SSSR count). The van der Waals surface area contributed by atoms with E-state index in [4.69, 9.17) is 9.47 Å². The molecule has 1 heterocycles. The van der Waals surface area contributed by atoms with Crippen LogP contribution in [0.3, 0.4) is 0 Å². The molecule has 0 fully saturated rings. The van der Waals surface area contributed by atoms with E-state index >= 15 is 0 Å². The molecule has 1 aliphatic heterocycles. The minimum absolute atomic E-state index is 0.201. The molecule has 18 heavy (non-hydrogen) atoms. The first-order chi connectivity index (χ1) is 8.61. The molecule has 0 saturated carbocycles. The van der Waals surface area contributed by atoms with Gasteiger partial charge >= 0.3 is 11.9 Å². The van der Waals surface area contributed by atoms with Crippen molar-refractivity contribution in [2.24, 2.45) is 0 Å². The third kappa shape index (κ3) is 2.37. The third-order valence-electron chi connectivity index (χ3n) is 2.64. The van der Waals surface area contributed by atoms with Gasteiger partial charge in [0.2, 0.25) is 6.79 Å². The van der Waals surface area contributed by atoms with Gasteiger partial charge in [-0.15, -0.1) is 0 Å². The van der Waals surface area contributed by atoms with E-state index in [0.29, 0.717) is 11.5 Å². The van der Waals surface area contributed by atoms with Crippen LogP contribution in [0, 0.1) is 6.92 Å². The molecule has 96 valence electrons. The highest BCUT2D eigenvalue weighted by atomic mass is 16.7. The molecule has 0 radical (unpaired) electrons. The van der Waals surface area contributed by atoms with E-state index in [9.17, 15) is 9.59 Å². The van der Waals surface area contributed by atoms with Gasteiger partial charge < -0.3 is 19.5 Å². The molecular weight excluding hydrogens is 238 g/mol. The average Bonchev–Trinajstić information content (AvgIpc) is 2.81. The summed E-state index contributed by atoms with van der Waals surface area (Å²) in [6.07, 6.45) is 0. The number of methoxy groups -OCH3 is 1. The van der Waals surface area contributed by atoms with Crippen LogP contribution in [-0.2, 0) is 20.9 Å². The Bertz CT molecular complexity index is 497. The number of fused-ring (bicyclic) bond motifs is 1. The number of benzene rings is 1. The first-order valence-corrected chi connectivity index (χ1v) is 5.37. The minimum atomic E-state index is -0.909. The van der Waals surface area contributed by atoms with Gasteiger partial charge in [0.25, 0.3) is 0 Å². The van der Waals surface area contributed by atoms with Gasteiger partial charge in [-0.2, -0.15) is 0 Å². The van der Waals surface area contributed by atoms with Gasteiger partial charge in [-0.3, -0.25) is 4.79 Å². The summed E-state index contributed by atoms with van der Waals surface area (Å²) in [7, 11) is 1.16. The Morgan fingerprint density at radius 2 is 2.00 bits per heavy atom. The zero-order chi connectivity index (χ0) is 13.1. The maximum Gasteiger partial charge on any atom is 0.396 e. The second-order valence-electron chi connectivity index (χ2n) is 3.81. The van der Waals surface area contributed by atoms with Crippen molar-refractivity contribution in [2.45, 2.75) is 13.5 Å². The van der Waals surface area contributed by atoms with Crippen LogP contribution in [-0.4, -0.2) is 25.8 Å². The van der Waals surface area contributed by atoms with Crippen LogP contribution in [0.5, 0.6) is 11.5 Å². The van der Waals surface area contributed by atoms with Crippen LogP contribution in [0.15, 0.2) is 12.1 Å². The fourth-order valence-corrected chi connectivity index (χ4v) is 1.62. The first-order valence-electron chi connectivity index (χ1n) is 5.37. The van der Waals surface area contributed by atoms with E-state index in [2.05, 4.69) is 10.1 Å². The Kier molecular flexibility index (Phi) is 3.36. The number of hydrogen-bond acceptors (Lipinski definition) is 5. The molecule has 0 saturated heterocycles. The van der Waals surface area contributed by atoms with Gasteiger partial charge in [0.05, 0.1) is 7.11 Å². The molecule has 1 aromatic rings. The largest absolute Gasteiger partial charge is 0.462 e. The van der Waals surface area contributed by atoms with Gasteiger partial charge in [0, 0.05) is 6.54 Å². The van der Waals surface area contributed by atoms with Crippen molar-refractivity contribution in [3.8, 4) is 11.5 Å².